The first-order valence-corrected chi connectivity index (χ1v) is 10.6. The van der Waals surface area contributed by atoms with Gasteiger partial charge in [-0.1, -0.05) is 18.2 Å². The van der Waals surface area contributed by atoms with Gasteiger partial charge in [0.05, 0.1) is 16.6 Å². The van der Waals surface area contributed by atoms with E-state index >= 15 is 0 Å². The Morgan fingerprint density at radius 2 is 1.82 bits per heavy atom. The molecule has 1 unspecified atom stereocenters. The van der Waals surface area contributed by atoms with Gasteiger partial charge < -0.3 is 4.90 Å². The van der Waals surface area contributed by atoms with Crippen molar-refractivity contribution < 1.29 is 13.2 Å². The Balaban J connectivity index is 1.85. The van der Waals surface area contributed by atoms with Crippen molar-refractivity contribution in [3.8, 4) is 5.69 Å². The summed E-state index contributed by atoms with van der Waals surface area (Å²) in [6.45, 7) is 3.73. The van der Waals surface area contributed by atoms with Crippen LogP contribution >= 0.6 is 0 Å². The number of hydrogen-bond acceptors (Lipinski definition) is 5. The second-order valence-corrected chi connectivity index (χ2v) is 8.79. The lowest BCUT2D eigenvalue weighted by atomic mass is 10.0. The quantitative estimate of drug-likeness (QED) is 0.660. The molecule has 8 heteroatoms. The highest BCUT2D eigenvalue weighted by Gasteiger charge is 2.22. The minimum Gasteiger partial charge on any atom is -0.335 e. The van der Waals surface area contributed by atoms with Crippen molar-refractivity contribution in [2.75, 3.05) is 13.3 Å². The molecular formula is C20H22N4O3S. The van der Waals surface area contributed by atoms with E-state index in [2.05, 4.69) is 10.1 Å². The number of amides is 1. The number of carbonyl (C=O) groups is 1. The molecule has 146 valence electrons. The SMILES string of the molecule is Cc1ccc(S(C)(=O)=O)cc1C(=O)N(C)C(C)c1ccc(-n2cncn2)cc1. The van der Waals surface area contributed by atoms with Crippen LogP contribution in [0.1, 0.15) is 34.5 Å². The van der Waals surface area contributed by atoms with Gasteiger partial charge in [0, 0.05) is 18.9 Å². The van der Waals surface area contributed by atoms with Crippen LogP contribution in [0.15, 0.2) is 60.0 Å². The van der Waals surface area contributed by atoms with Gasteiger partial charge in [0.1, 0.15) is 12.7 Å². The molecule has 1 heterocycles. The first-order valence-electron chi connectivity index (χ1n) is 8.71. The minimum absolute atomic E-state index is 0.139. The maximum absolute atomic E-state index is 13.0. The summed E-state index contributed by atoms with van der Waals surface area (Å²) in [5, 5.41) is 4.09. The van der Waals surface area contributed by atoms with Gasteiger partial charge >= 0.3 is 0 Å². The van der Waals surface area contributed by atoms with Gasteiger partial charge in [-0.2, -0.15) is 5.10 Å². The van der Waals surface area contributed by atoms with Crippen LogP contribution < -0.4 is 0 Å². The molecule has 3 aromatic rings. The van der Waals surface area contributed by atoms with Gasteiger partial charge in [-0.15, -0.1) is 0 Å². The average molecular weight is 398 g/mol. The Kier molecular flexibility index (Phi) is 5.33. The molecule has 0 spiro atoms. The molecule has 0 saturated carbocycles. The van der Waals surface area contributed by atoms with Crippen molar-refractivity contribution in [1.29, 1.82) is 0 Å². The van der Waals surface area contributed by atoms with Crippen molar-refractivity contribution >= 4 is 15.7 Å². The smallest absolute Gasteiger partial charge is 0.254 e. The standard InChI is InChI=1S/C20H22N4O3S/c1-14-5-10-18(28(4,26)27)11-19(14)20(25)23(3)15(2)16-6-8-17(9-7-16)24-13-21-12-22-24/h5-13,15H,1-4H3. The summed E-state index contributed by atoms with van der Waals surface area (Å²) in [6, 6.07) is 12.1. The molecule has 7 nitrogen and oxygen atoms in total. The summed E-state index contributed by atoms with van der Waals surface area (Å²) in [4.78, 5) is 18.7. The molecule has 28 heavy (non-hydrogen) atoms. The van der Waals surface area contributed by atoms with Crippen LogP contribution in [-0.4, -0.2) is 47.3 Å². The fourth-order valence-electron chi connectivity index (χ4n) is 2.90. The number of aromatic nitrogens is 3. The van der Waals surface area contributed by atoms with Crippen LogP contribution in [-0.2, 0) is 9.84 Å². The first kappa shape index (κ1) is 19.8. The zero-order valence-electron chi connectivity index (χ0n) is 16.2. The van der Waals surface area contributed by atoms with Gasteiger partial charge in [-0.05, 0) is 49.2 Å². The Labute approximate surface area is 164 Å². The lowest BCUT2D eigenvalue weighted by Crippen LogP contribution is -2.30. The van der Waals surface area contributed by atoms with E-state index in [4.69, 9.17) is 0 Å². The molecule has 0 aliphatic heterocycles. The third-order valence-corrected chi connectivity index (χ3v) is 5.94. The fraction of sp³-hybridized carbons (Fsp3) is 0.250. The molecule has 1 atom stereocenters. The van der Waals surface area contributed by atoms with E-state index in [0.29, 0.717) is 5.56 Å². The molecule has 2 aromatic carbocycles. The summed E-state index contributed by atoms with van der Waals surface area (Å²) < 4.78 is 25.3. The van der Waals surface area contributed by atoms with Crippen LogP contribution in [0.4, 0.5) is 0 Å². The summed E-state index contributed by atoms with van der Waals surface area (Å²) in [6.07, 6.45) is 4.22. The van der Waals surface area contributed by atoms with E-state index < -0.39 is 9.84 Å². The van der Waals surface area contributed by atoms with E-state index in [-0.39, 0.29) is 16.8 Å². The Morgan fingerprint density at radius 3 is 2.39 bits per heavy atom. The molecule has 0 bridgehead atoms. The van der Waals surface area contributed by atoms with Gasteiger partial charge in [0.25, 0.3) is 5.91 Å². The summed E-state index contributed by atoms with van der Waals surface area (Å²) >= 11 is 0. The second-order valence-electron chi connectivity index (χ2n) is 6.77. The van der Waals surface area contributed by atoms with Crippen molar-refractivity contribution in [2.45, 2.75) is 24.8 Å². The molecule has 0 fully saturated rings. The highest BCUT2D eigenvalue weighted by atomic mass is 32.2. The minimum atomic E-state index is -3.38. The largest absolute Gasteiger partial charge is 0.335 e. The summed E-state index contributed by atoms with van der Waals surface area (Å²) in [7, 11) is -1.67. The Morgan fingerprint density at radius 1 is 1.14 bits per heavy atom. The Hall–Kier alpha value is -3.00. The number of hydrogen-bond donors (Lipinski definition) is 0. The van der Waals surface area contributed by atoms with E-state index in [9.17, 15) is 13.2 Å². The molecule has 0 radical (unpaired) electrons. The van der Waals surface area contributed by atoms with Crippen molar-refractivity contribution in [3.63, 3.8) is 0 Å². The molecule has 0 N–H and O–H groups in total. The predicted octanol–water partition coefficient (Wildman–Crippen LogP) is 2.81. The van der Waals surface area contributed by atoms with Crippen LogP contribution in [0.2, 0.25) is 0 Å². The van der Waals surface area contributed by atoms with Crippen LogP contribution in [0.5, 0.6) is 0 Å². The van der Waals surface area contributed by atoms with E-state index in [1.807, 2.05) is 31.2 Å². The zero-order chi connectivity index (χ0) is 20.5. The van der Waals surface area contributed by atoms with E-state index in [1.165, 1.54) is 18.5 Å². The molecular weight excluding hydrogens is 376 g/mol. The molecule has 0 saturated heterocycles. The average Bonchev–Trinajstić information content (AvgIpc) is 3.20. The lowest BCUT2D eigenvalue weighted by Gasteiger charge is -2.26. The van der Waals surface area contributed by atoms with Gasteiger partial charge in [0.2, 0.25) is 0 Å². The van der Waals surface area contributed by atoms with Crippen molar-refractivity contribution in [1.82, 2.24) is 19.7 Å². The topological polar surface area (TPSA) is 85.2 Å². The summed E-state index contributed by atoms with van der Waals surface area (Å²) in [5.41, 5.74) is 2.95. The zero-order valence-corrected chi connectivity index (χ0v) is 17.0. The van der Waals surface area contributed by atoms with Crippen LogP contribution in [0.3, 0.4) is 0 Å². The highest BCUT2D eigenvalue weighted by molar-refractivity contribution is 7.90. The lowest BCUT2D eigenvalue weighted by molar-refractivity contribution is 0.0741. The molecule has 0 aliphatic rings. The molecule has 1 amide bonds. The van der Waals surface area contributed by atoms with Gasteiger partial charge in [0.15, 0.2) is 9.84 Å². The fourth-order valence-corrected chi connectivity index (χ4v) is 3.55. The number of sulfone groups is 1. The van der Waals surface area contributed by atoms with Crippen molar-refractivity contribution in [3.05, 3.63) is 71.8 Å². The number of rotatable bonds is 5. The number of nitrogens with zero attached hydrogens (tertiary/aromatic N) is 4. The third kappa shape index (κ3) is 3.96. The predicted molar refractivity (Wildman–Crippen MR) is 106 cm³/mol. The van der Waals surface area contributed by atoms with Crippen LogP contribution in [0.25, 0.3) is 5.69 Å². The van der Waals surface area contributed by atoms with Gasteiger partial charge in [-0.3, -0.25) is 4.79 Å². The first-order chi connectivity index (χ1) is 13.2. The normalized spacial score (nSPS) is 12.6. The van der Waals surface area contributed by atoms with Crippen LogP contribution in [0, 0.1) is 6.92 Å². The number of carbonyl (C=O) groups excluding carboxylic acids is 1. The highest BCUT2D eigenvalue weighted by Crippen LogP contribution is 2.24. The van der Waals surface area contributed by atoms with Crippen molar-refractivity contribution in [2.24, 2.45) is 0 Å². The maximum atomic E-state index is 13.0. The van der Waals surface area contributed by atoms with E-state index in [1.54, 1.807) is 35.9 Å². The monoisotopic (exact) mass is 398 g/mol. The van der Waals surface area contributed by atoms with Gasteiger partial charge in [-0.25, -0.2) is 18.1 Å². The maximum Gasteiger partial charge on any atom is 0.254 e. The Bertz CT molecular complexity index is 1090. The third-order valence-electron chi connectivity index (χ3n) is 4.83. The number of benzene rings is 2. The second kappa shape index (κ2) is 7.55. The molecule has 3 rings (SSSR count). The molecule has 1 aromatic heterocycles. The van der Waals surface area contributed by atoms with E-state index in [0.717, 1.165) is 23.1 Å². The summed E-state index contributed by atoms with van der Waals surface area (Å²) in [5.74, 6) is -0.226. The molecule has 0 aliphatic carbocycles. The number of aryl methyl sites for hydroxylation is 1.